The predicted molar refractivity (Wildman–Crippen MR) is 598 cm³/mol. The van der Waals surface area contributed by atoms with Gasteiger partial charge in [-0.3, -0.25) is 23.5 Å². The number of unbranched alkanes of at least 4 members (excludes halogenated alkanes) is 15. The molecule has 15 rings (SSSR count). The summed E-state index contributed by atoms with van der Waals surface area (Å²) in [5.41, 5.74) is 9.76. The molecule has 0 unspecified atom stereocenters. The van der Waals surface area contributed by atoms with E-state index in [1.54, 1.807) is 121 Å². The molecule has 10 nitrogen and oxygen atoms in total. The zero-order valence-electron chi connectivity index (χ0n) is 86.4. The standard InChI is InChI=1S/5C25H31O2S.5FH/c5*1-2-3-4-5-6-19-7-9-20(10-8-19)21-11-13-22(14-12-21)25(26)27-23-15-17-24(28)18-16-23;;;;;/h5*11-20H,2-10H2,1H3;5*1H/t5*19-,20-;;;;;. The molecule has 0 atom stereocenters. The second-order valence-electron chi connectivity index (χ2n) is 40.2. The zero-order valence-corrected chi connectivity index (χ0v) is 90.4. The van der Waals surface area contributed by atoms with Crippen LogP contribution in [0.15, 0.2) is 267 Å². The minimum absolute atomic E-state index is 0. The van der Waals surface area contributed by atoms with E-state index in [1.165, 1.54) is 317 Å². The lowest BCUT2D eigenvalue weighted by atomic mass is 9.77. The molecule has 10 aromatic rings. The SMILES string of the molecule is CCCCCC[C@H]1CC[C@H](c2ccc(C(=O)Oc3ccc([S])cc3)cc2)CC1.CCCCCC[C@H]1CC[C@H](c2ccc(C(=O)Oc3ccc([S])cc3)cc2)CC1.CCCCCC[C@H]1CC[C@H](c2ccc(C(=O)Oc3ccc([S])cc3)cc2)CC1.CCCCCC[C@H]1CC[C@H](c2ccc(C(=O)Oc3ccc([S])cc3)cc2)CC1.CCCCCC[C@H]1CC[C@H](c2ccc(C(=O)Oc3ccc([S])cc3)cc2)CC1.F.F.F.F.F. The smallest absolute Gasteiger partial charge is 0.343 e. The number of rotatable bonds is 40. The van der Waals surface area contributed by atoms with Crippen LogP contribution >= 0.6 is 63.1 Å². The van der Waals surface area contributed by atoms with Gasteiger partial charge in [0.2, 0.25) is 0 Å². The van der Waals surface area contributed by atoms with Gasteiger partial charge in [-0.15, -0.1) is 0 Å². The highest BCUT2D eigenvalue weighted by molar-refractivity contribution is 7.81. The molecule has 10 aromatic carbocycles. The van der Waals surface area contributed by atoms with Crippen LogP contribution in [0.2, 0.25) is 0 Å². The van der Waals surface area contributed by atoms with Gasteiger partial charge in [-0.1, -0.05) is 319 Å². The Kier molecular flexibility index (Phi) is 59.4. The molecular formula is C125H160F5O10S5. The Hall–Kier alpha value is -9.70. The maximum absolute atomic E-state index is 12.3. The molecule has 5 radical (unpaired) electrons. The third-order valence-electron chi connectivity index (χ3n) is 29.8. The van der Waals surface area contributed by atoms with Crippen LogP contribution in [0.25, 0.3) is 0 Å². The summed E-state index contributed by atoms with van der Waals surface area (Å²) in [7, 11) is 0. The third kappa shape index (κ3) is 44.3. The lowest BCUT2D eigenvalue weighted by Crippen LogP contribution is -2.14. The number of halogens is 5. The van der Waals surface area contributed by atoms with Crippen molar-refractivity contribution in [3.8, 4) is 28.7 Å². The van der Waals surface area contributed by atoms with E-state index < -0.39 is 0 Å². The molecular weight excluding hydrogens is 1920 g/mol. The number of hydrogen-bond acceptors (Lipinski definition) is 10. The number of hydrogen-bond donors (Lipinski definition) is 0. The maximum atomic E-state index is 12.3. The van der Waals surface area contributed by atoms with Crippen LogP contribution in [-0.4, -0.2) is 29.8 Å². The van der Waals surface area contributed by atoms with Gasteiger partial charge in [-0.2, -0.15) is 0 Å². The predicted octanol–water partition coefficient (Wildman–Crippen LogP) is 39.3. The number of carbonyl (C=O) groups is 5. The molecule has 0 spiro atoms. The lowest BCUT2D eigenvalue weighted by molar-refractivity contribution is 0.0725. The average Bonchev–Trinajstić information content (AvgIpc) is 0.852. The molecule has 5 aliphatic rings. The normalized spacial score (nSPS) is 18.7. The summed E-state index contributed by atoms with van der Waals surface area (Å²) in [5, 5.41) is 0. The van der Waals surface area contributed by atoms with E-state index in [1.807, 2.05) is 60.7 Å². The Balaban J connectivity index is 0.000000275. The van der Waals surface area contributed by atoms with Gasteiger partial charge < -0.3 is 23.7 Å². The van der Waals surface area contributed by atoms with Gasteiger partial charge in [-0.05, 0) is 397 Å². The van der Waals surface area contributed by atoms with E-state index in [0.29, 0.717) is 86.2 Å². The second kappa shape index (κ2) is 69.5. The molecule has 5 fully saturated rings. The largest absolute Gasteiger partial charge is 0.423 e. The Morgan fingerprint density at radius 1 is 0.186 bits per heavy atom. The highest BCUT2D eigenvalue weighted by Gasteiger charge is 2.29. The minimum Gasteiger partial charge on any atom is -0.423 e. The fraction of sp³-hybridized carbons (Fsp3) is 0.480. The van der Waals surface area contributed by atoms with Gasteiger partial charge in [-0.25, -0.2) is 24.0 Å². The lowest BCUT2D eigenvalue weighted by Gasteiger charge is -2.29. The van der Waals surface area contributed by atoms with Crippen LogP contribution in [0.3, 0.4) is 0 Å². The third-order valence-corrected chi connectivity index (χ3v) is 31.2. The molecule has 5 saturated carbocycles. The maximum Gasteiger partial charge on any atom is 0.343 e. The first-order valence-electron chi connectivity index (χ1n) is 53.7. The van der Waals surface area contributed by atoms with Gasteiger partial charge in [0, 0.05) is 24.5 Å². The Morgan fingerprint density at radius 3 is 0.441 bits per heavy atom. The molecule has 0 heterocycles. The van der Waals surface area contributed by atoms with Crippen molar-refractivity contribution in [2.45, 2.75) is 378 Å². The first kappa shape index (κ1) is 124. The topological polar surface area (TPSA) is 132 Å². The van der Waals surface area contributed by atoms with E-state index in [9.17, 15) is 24.0 Å². The highest BCUT2D eigenvalue weighted by Crippen LogP contribution is 2.44. The number of carbonyl (C=O) groups excluding carboxylic acids is 5. The van der Waals surface area contributed by atoms with E-state index in [-0.39, 0.29) is 53.4 Å². The zero-order chi connectivity index (χ0) is 98.8. The molecule has 0 bridgehead atoms. The summed E-state index contributed by atoms with van der Waals surface area (Å²) in [6.45, 7) is 11.4. The van der Waals surface area contributed by atoms with Gasteiger partial charge in [0.25, 0.3) is 0 Å². The summed E-state index contributed by atoms with van der Waals surface area (Å²) in [5.74, 6) is 8.82. The average molecular weight is 2080 g/mol. The molecule has 145 heavy (non-hydrogen) atoms. The van der Waals surface area contributed by atoms with Crippen LogP contribution in [0.1, 0.15) is 433 Å². The van der Waals surface area contributed by atoms with Crippen molar-refractivity contribution in [1.82, 2.24) is 0 Å². The fourth-order valence-corrected chi connectivity index (χ4v) is 21.7. The van der Waals surface area contributed by atoms with Crippen LogP contribution in [-0.2, 0) is 0 Å². The molecule has 0 amide bonds. The van der Waals surface area contributed by atoms with E-state index >= 15 is 0 Å². The van der Waals surface area contributed by atoms with Gasteiger partial charge in [0.05, 0.1) is 27.8 Å². The quantitative estimate of drug-likeness (QED) is 0.0158. The Bertz CT molecular complexity index is 4430. The number of benzene rings is 10. The number of esters is 5. The van der Waals surface area contributed by atoms with Gasteiger partial charge >= 0.3 is 29.8 Å². The summed E-state index contributed by atoms with van der Waals surface area (Å²) >= 11 is 25.3. The molecule has 785 valence electrons. The monoisotopic (exact) mass is 2080 g/mol. The van der Waals surface area contributed by atoms with Crippen molar-refractivity contribution in [2.75, 3.05) is 0 Å². The Morgan fingerprint density at radius 2 is 0.317 bits per heavy atom. The van der Waals surface area contributed by atoms with Gasteiger partial charge in [0.15, 0.2) is 0 Å². The first-order valence-corrected chi connectivity index (χ1v) is 55.8. The van der Waals surface area contributed by atoms with Crippen molar-refractivity contribution >= 4 is 93.0 Å². The van der Waals surface area contributed by atoms with E-state index in [0.717, 1.165) is 54.1 Å². The van der Waals surface area contributed by atoms with Crippen LogP contribution in [0.5, 0.6) is 28.7 Å². The van der Waals surface area contributed by atoms with E-state index in [2.05, 4.69) is 95.3 Å². The molecule has 0 aromatic heterocycles. The van der Waals surface area contributed by atoms with Crippen LogP contribution < -0.4 is 23.7 Å². The molecule has 5 aliphatic carbocycles. The summed E-state index contributed by atoms with van der Waals surface area (Å²) in [6, 6.07) is 75.0. The van der Waals surface area contributed by atoms with Crippen LogP contribution in [0.4, 0.5) is 23.5 Å². The van der Waals surface area contributed by atoms with Crippen LogP contribution in [0, 0.1) is 29.6 Å². The van der Waals surface area contributed by atoms with Crippen molar-refractivity contribution in [2.24, 2.45) is 29.6 Å². The summed E-state index contributed by atoms with van der Waals surface area (Å²) in [6.07, 6.45) is 60.7. The van der Waals surface area contributed by atoms with Crippen molar-refractivity contribution in [3.63, 3.8) is 0 Å². The molecule has 0 saturated heterocycles. The molecule has 20 heteroatoms. The minimum atomic E-state index is -0.320. The highest BCUT2D eigenvalue weighted by atomic mass is 32.1. The van der Waals surface area contributed by atoms with E-state index in [4.69, 9.17) is 86.8 Å². The molecule has 0 N–H and O–H groups in total. The van der Waals surface area contributed by atoms with Crippen molar-refractivity contribution < 1.29 is 71.2 Å². The molecule has 0 aliphatic heterocycles. The number of ether oxygens (including phenoxy) is 5. The Labute approximate surface area is 891 Å². The van der Waals surface area contributed by atoms with Crippen molar-refractivity contribution in [1.29, 1.82) is 0 Å². The first-order chi connectivity index (χ1) is 68.3. The summed E-state index contributed by atoms with van der Waals surface area (Å²) in [4.78, 5) is 65.3. The van der Waals surface area contributed by atoms with Gasteiger partial charge in [0.1, 0.15) is 28.7 Å². The second-order valence-corrected chi connectivity index (χ2v) is 42.6. The fourth-order valence-electron chi connectivity index (χ4n) is 21.0. The van der Waals surface area contributed by atoms with Crippen molar-refractivity contribution in [3.05, 3.63) is 298 Å². The summed E-state index contributed by atoms with van der Waals surface area (Å²) < 4.78 is 27.1.